The molecule has 0 aromatic rings. The van der Waals surface area contributed by atoms with Crippen LogP contribution in [0, 0.1) is 100 Å². The van der Waals surface area contributed by atoms with Crippen LogP contribution >= 0.6 is 0 Å². The van der Waals surface area contributed by atoms with Crippen LogP contribution in [0.3, 0.4) is 0 Å². The van der Waals surface area contributed by atoms with Crippen molar-refractivity contribution in [2.75, 3.05) is 148 Å². The van der Waals surface area contributed by atoms with Gasteiger partial charge in [-0.2, -0.15) is 0 Å². The van der Waals surface area contributed by atoms with E-state index in [1.807, 2.05) is 84.9 Å². The minimum Gasteiger partial charge on any atom is -0.457 e. The van der Waals surface area contributed by atoms with Gasteiger partial charge in [0.15, 0.2) is 18.3 Å². The third kappa shape index (κ3) is 20.6. The van der Waals surface area contributed by atoms with Crippen LogP contribution in [-0.2, 0) is 99.8 Å². The Labute approximate surface area is 836 Å². The molecule has 780 valence electrons. The van der Waals surface area contributed by atoms with Crippen molar-refractivity contribution < 1.29 is 120 Å². The van der Waals surface area contributed by atoms with E-state index in [9.17, 15) is 44.1 Å². The highest BCUT2D eigenvalue weighted by Gasteiger charge is 2.73. The highest BCUT2D eigenvalue weighted by Crippen LogP contribution is 2.65. The lowest BCUT2D eigenvalue weighted by Gasteiger charge is -2.62. The molecule has 19 rings (SSSR count). The van der Waals surface area contributed by atoms with Crippen molar-refractivity contribution in [3.05, 3.63) is 143 Å². The molecular weight excluding hydrogens is 1800 g/mol. The van der Waals surface area contributed by atoms with Gasteiger partial charge in [0.05, 0.1) is 75.4 Å². The summed E-state index contributed by atoms with van der Waals surface area (Å²) in [6.45, 7) is 38.7. The molecule has 0 aromatic carbocycles. The summed E-state index contributed by atoms with van der Waals surface area (Å²) < 4.78 is 95.8. The Morgan fingerprint density at radius 1 is 0.468 bits per heavy atom. The van der Waals surface area contributed by atoms with Gasteiger partial charge in [-0.1, -0.05) is 158 Å². The Bertz CT molecular complexity index is 4690. The predicted molar refractivity (Wildman–Crippen MR) is 529 cm³/mol. The average molecular weight is 1960 g/mol. The molecule has 19 aliphatic rings. The molecule has 9 aliphatic carbocycles. The molecule has 0 aromatic heterocycles. The lowest BCUT2D eigenvalue weighted by Crippen LogP contribution is -2.78. The van der Waals surface area contributed by atoms with E-state index in [0.29, 0.717) is 86.4 Å². The normalized spacial score (nSPS) is 43.0. The molecule has 10 fully saturated rings. The number of carbonyl (C=O) groups excluding carboxylic acids is 6. The number of rotatable bonds is 24. The molecule has 12 bridgehead atoms. The number of likely N-dealkylation sites (N-methyl/N-ethyl adjacent to an activating group) is 2. The molecule has 3 N–H and O–H groups in total. The van der Waals surface area contributed by atoms with Crippen molar-refractivity contribution in [3.8, 4) is 0 Å². The van der Waals surface area contributed by atoms with Crippen molar-refractivity contribution in [3.63, 3.8) is 0 Å². The van der Waals surface area contributed by atoms with Gasteiger partial charge in [0.2, 0.25) is 0 Å². The van der Waals surface area contributed by atoms with Gasteiger partial charge in [-0.3, -0.25) is 4.90 Å². The van der Waals surface area contributed by atoms with Gasteiger partial charge < -0.3 is 106 Å². The second kappa shape index (κ2) is 43.8. The smallest absolute Gasteiger partial charge is 0.335 e. The van der Waals surface area contributed by atoms with Gasteiger partial charge in [-0.25, -0.2) is 28.8 Å². The van der Waals surface area contributed by atoms with Gasteiger partial charge in [-0.15, -0.1) is 0 Å². The minimum absolute atomic E-state index is 0. The highest BCUT2D eigenvalue weighted by atomic mass is 16.6. The lowest BCUT2D eigenvalue weighted by molar-refractivity contribution is -0.970. The number of piperazine rings is 1. The first-order valence-electron chi connectivity index (χ1n) is 52.4. The van der Waals surface area contributed by atoms with Crippen molar-refractivity contribution in [1.29, 1.82) is 0 Å². The van der Waals surface area contributed by atoms with E-state index in [1.165, 1.54) is 60.4 Å². The summed E-state index contributed by atoms with van der Waals surface area (Å²) >= 11 is 0. The van der Waals surface area contributed by atoms with Crippen molar-refractivity contribution >= 4 is 35.8 Å². The Morgan fingerprint density at radius 2 is 0.801 bits per heavy atom. The standard InChI is InChI=1S/C38H55N2O8.C37H53NO8.C36H52N2O8.CH4/c1-22-16-23(2)38-27(12-13-28-30(38)31(41)24(3)33(34(28)48-38)47-35(42)26-10-8-9-11-26)17-29(44-7)36(43)46-32(22)25(4)45-15-14-40(6)20-37(21-40)18-39(5)19-37;1-21-19-22(2)37-27(20-29(42-6)36(41)44-32(21)24(4)43-18-15-25-13-16-38(5)17-14-25)11-12-28-30(37)31(39)23(3)33(34(28)46-37)45-35(40)26-9-7-8-10-26;1-21-19-22(2)36-26(20-28(42-6)35(41)44-31(21)24(4)43-18-17-38-15-13-37(5)14-16-38)11-12-27-29(36)30(39)23(3)32(33(27)46-36)45-34(40)25-9-7-8-10-25;/h8-10,12-13,16,22,24-25,27-34,41H,11,14-15,17-21H2,1-7H3;7-9,11-12,19,21,23-25,27-34,39H,10,13-18,20H2,1-6H3;7-9,11-12,19,21,23-24,26-33,39H,10,13-18,20H2,1-6H3;1H4/q+1;;;/b23-16+;2*22-19+;/t22-,24-,25?,27-,28?,29+,30?,31-,32?,33-,34-,38+;21-,23-,24?,27-,28?,29+,30?,31-,32?,33-,34-,37+;21-,23-,24?,26-,27?,28+,29?,30-,31?,32-,33-,36+;/m111./s1. The number of likely N-dealkylation sites (tertiary alicyclic amines) is 3. The Kier molecular flexibility index (Phi) is 33.2. The van der Waals surface area contributed by atoms with Gasteiger partial charge in [0.1, 0.15) is 78.3 Å². The van der Waals surface area contributed by atoms with Crippen LogP contribution in [0.5, 0.6) is 0 Å². The van der Waals surface area contributed by atoms with Gasteiger partial charge in [0, 0.05) is 179 Å². The number of hydrogen-bond donors (Lipinski definition) is 3. The molecule has 10 aliphatic heterocycles. The third-order valence-electron chi connectivity index (χ3n) is 36.2. The van der Waals surface area contributed by atoms with Crippen LogP contribution in [0.4, 0.5) is 0 Å². The number of aliphatic hydroxyl groups excluding tert-OH is 3. The Hall–Kier alpha value is -6.98. The first kappa shape index (κ1) is 107. The van der Waals surface area contributed by atoms with Gasteiger partial charge >= 0.3 is 35.8 Å². The quantitative estimate of drug-likeness (QED) is 0.0350. The summed E-state index contributed by atoms with van der Waals surface area (Å²) in [5.74, 6) is -5.25. The summed E-state index contributed by atoms with van der Waals surface area (Å²) in [7, 11) is 13.4. The summed E-state index contributed by atoms with van der Waals surface area (Å²) in [6.07, 6.45) is 31.3. The van der Waals surface area contributed by atoms with Crippen molar-refractivity contribution in [2.45, 2.75) is 275 Å². The van der Waals surface area contributed by atoms with E-state index in [0.717, 1.165) is 80.0 Å². The molecule has 141 heavy (non-hydrogen) atoms. The minimum atomic E-state index is -0.897. The fourth-order valence-electron chi connectivity index (χ4n) is 28.8. The predicted octanol–water partition coefficient (Wildman–Crippen LogP) is 11.0. The number of cyclic esters (lactones) is 3. The van der Waals surface area contributed by atoms with E-state index in [4.69, 9.17) is 71.1 Å². The highest BCUT2D eigenvalue weighted by molar-refractivity contribution is 5.91. The monoisotopic (exact) mass is 1960 g/mol. The van der Waals surface area contributed by atoms with E-state index in [2.05, 4.69) is 137 Å². The summed E-state index contributed by atoms with van der Waals surface area (Å²) in [5, 5.41) is 35.9. The summed E-state index contributed by atoms with van der Waals surface area (Å²) in [6, 6.07) is 0. The zero-order valence-corrected chi connectivity index (χ0v) is 86.1. The fraction of sp³-hybridized carbons (Fsp3) is 0.732. The largest absolute Gasteiger partial charge is 0.457 e. The number of esters is 6. The maximum atomic E-state index is 13.7. The molecule has 4 spiro atoms. The first-order chi connectivity index (χ1) is 66.9. The zero-order valence-electron chi connectivity index (χ0n) is 86.1. The molecule has 29 nitrogen and oxygen atoms in total. The molecule has 0 radical (unpaired) electrons. The van der Waals surface area contributed by atoms with Crippen LogP contribution < -0.4 is 0 Å². The van der Waals surface area contributed by atoms with E-state index in [1.54, 1.807) is 18.2 Å². The van der Waals surface area contributed by atoms with Gasteiger partial charge in [0.25, 0.3) is 0 Å². The van der Waals surface area contributed by atoms with Crippen LogP contribution in [0.2, 0.25) is 0 Å². The number of methoxy groups -OCH3 is 3. The van der Waals surface area contributed by atoms with Gasteiger partial charge in [-0.05, 0) is 156 Å². The number of piperidine rings is 1. The topological polar surface area (TPSA) is 315 Å². The molecule has 29 heteroatoms. The number of aliphatic hydroxyl groups is 3. The first-order valence-corrected chi connectivity index (χ1v) is 52.4. The zero-order chi connectivity index (χ0) is 99.7. The molecule has 36 atom stereocenters. The van der Waals surface area contributed by atoms with Crippen LogP contribution in [0.15, 0.2) is 143 Å². The summed E-state index contributed by atoms with van der Waals surface area (Å²) in [4.78, 5) is 90.0. The number of carbonyl (C=O) groups is 6. The second-order valence-electron chi connectivity index (χ2n) is 45.5. The summed E-state index contributed by atoms with van der Waals surface area (Å²) in [5.41, 5.74) is 2.57. The number of ether oxygens (including phenoxy) is 15. The molecule has 7 saturated heterocycles. The molecule has 3 saturated carbocycles. The molecule has 12 unspecified atom stereocenters. The fourth-order valence-corrected chi connectivity index (χ4v) is 28.8. The van der Waals surface area contributed by atoms with Crippen LogP contribution in [0.1, 0.15) is 148 Å². The SMILES string of the molecule is C.CO[C@H]1C[C@H]2C=CC3C4[C@H](O)[C@@H](C)[C@@H](OC(=O)C5=CC=CC5)[C@@H]3O[C@]42/C(C)=C/[C@@H](C)C(C(C)OCCC2CCN(C)CC2)OC1=O.CO[C@H]1C[C@H]2C=CC3C4[C@H](O)[C@@H](C)[C@@H](OC(=O)C5=CC=CC5)[C@@H]3O[C@]42/C(C)=C/[C@@H](C)C(C(C)OCCN2CCN(C)CC2)OC1=O.CO[C@H]1C[C@H]2C=CC3C4[C@H](O)[C@@H](C)[C@@H](OC(=O)C5=CC=CC5)[C@@H]3O[C@]42/C(C)=C/[C@@H](C)C(C(C)OCC[N+]2(C)CC3(CN(C)C3)C2)OC1=O. The number of hydrogen-bond acceptors (Lipinski definition) is 28. The van der Waals surface area contributed by atoms with E-state index < -0.39 is 126 Å². The van der Waals surface area contributed by atoms with Crippen molar-refractivity contribution in [2.24, 2.45) is 100 Å². The number of nitrogens with zero attached hydrogens (tertiary/aromatic N) is 5. The maximum Gasteiger partial charge on any atom is 0.335 e. The molecule has 0 amide bonds. The third-order valence-corrected chi connectivity index (χ3v) is 36.2. The average Bonchev–Trinajstić information content (AvgIpc) is 1.53. The Morgan fingerprint density at radius 3 is 1.13 bits per heavy atom. The molecular formula is C112H164N5O24+. The van der Waals surface area contributed by atoms with Crippen LogP contribution in [-0.4, -0.2) is 350 Å². The number of quaternary nitrogens is 1. The second-order valence-corrected chi connectivity index (χ2v) is 45.5. The Balaban J connectivity index is 0.000000152. The van der Waals surface area contributed by atoms with Crippen molar-refractivity contribution in [1.82, 2.24) is 19.6 Å². The maximum absolute atomic E-state index is 13.7. The van der Waals surface area contributed by atoms with E-state index >= 15 is 0 Å². The molecule has 10 heterocycles. The van der Waals surface area contributed by atoms with Crippen LogP contribution in [0.25, 0.3) is 0 Å². The lowest BCUT2D eigenvalue weighted by atomic mass is 9.57. The van der Waals surface area contributed by atoms with E-state index in [-0.39, 0.29) is 132 Å². The number of allylic oxidation sites excluding steroid dienone is 9.